The van der Waals surface area contributed by atoms with Crippen LogP contribution in [0.2, 0.25) is 0 Å². The lowest BCUT2D eigenvalue weighted by Crippen LogP contribution is -2.42. The third-order valence-corrected chi connectivity index (χ3v) is 7.03. The van der Waals surface area contributed by atoms with Crippen molar-refractivity contribution in [3.05, 3.63) is 88.2 Å². The number of halogens is 2. The van der Waals surface area contributed by atoms with Crippen LogP contribution in [-0.4, -0.2) is 39.1 Å². The van der Waals surface area contributed by atoms with Crippen molar-refractivity contribution in [2.45, 2.75) is 25.4 Å². The van der Waals surface area contributed by atoms with Gasteiger partial charge in [0.15, 0.2) is 0 Å². The summed E-state index contributed by atoms with van der Waals surface area (Å²) in [6.45, 7) is 0.697. The van der Waals surface area contributed by atoms with E-state index in [1.54, 1.807) is 52.3 Å². The monoisotopic (exact) mass is 561 g/mol. The number of nitrogens with zero attached hydrogens (tertiary/aromatic N) is 4. The zero-order chi connectivity index (χ0) is 26.1. The molecular weight excluding hydrogens is 541 g/mol. The molecule has 0 radical (unpaired) electrons. The van der Waals surface area contributed by atoms with E-state index in [1.165, 1.54) is 12.1 Å². The summed E-state index contributed by atoms with van der Waals surface area (Å²) in [4.78, 5) is 31.9. The highest BCUT2D eigenvalue weighted by Crippen LogP contribution is 2.38. The molecule has 3 aromatic carbocycles. The predicted molar refractivity (Wildman–Crippen MR) is 138 cm³/mol. The van der Waals surface area contributed by atoms with Gasteiger partial charge in [0.05, 0.1) is 24.0 Å². The minimum Gasteiger partial charge on any atom is -0.508 e. The highest BCUT2D eigenvalue weighted by atomic mass is 79.9. The number of phenolic OH excluding ortho intramolecular Hbond substituents is 1. The first kappa shape index (κ1) is 24.5. The van der Waals surface area contributed by atoms with Crippen molar-refractivity contribution in [1.82, 2.24) is 14.9 Å². The summed E-state index contributed by atoms with van der Waals surface area (Å²) in [5.41, 5.74) is 1.86. The van der Waals surface area contributed by atoms with Gasteiger partial charge in [-0.2, -0.15) is 5.26 Å². The number of imidazole rings is 1. The summed E-state index contributed by atoms with van der Waals surface area (Å²) in [5, 5.41) is 23.3. The standard InChI is InChI=1S/C27H21BrFN5O3/c28-22-6-4-17-3-5-20(35)11-21(17)26(22)34-8-7-24(27(34)37)32-25(36)10-19-13-31-15-33(19)14-16-1-2-18(12-30)23(29)9-16/h1-6,9,11,13,15,24,35H,7-8,10,14H2,(H,32,36)/t24-/m0/s1. The van der Waals surface area contributed by atoms with E-state index < -0.39 is 11.9 Å². The molecule has 2 amide bonds. The Balaban J connectivity index is 1.28. The summed E-state index contributed by atoms with van der Waals surface area (Å²) in [6.07, 6.45) is 3.54. The second-order valence-corrected chi connectivity index (χ2v) is 9.67. The number of hydrogen-bond donors (Lipinski definition) is 2. The number of amides is 2. The van der Waals surface area contributed by atoms with Crippen LogP contribution >= 0.6 is 15.9 Å². The van der Waals surface area contributed by atoms with Crippen molar-refractivity contribution in [3.63, 3.8) is 0 Å². The Bertz CT molecular complexity index is 1570. The number of aromatic hydroxyl groups is 1. The molecule has 4 aromatic rings. The molecule has 2 heterocycles. The molecule has 10 heteroatoms. The Morgan fingerprint density at radius 3 is 2.84 bits per heavy atom. The van der Waals surface area contributed by atoms with Gasteiger partial charge in [0.25, 0.3) is 0 Å². The number of nitriles is 1. The number of rotatable bonds is 6. The average Bonchev–Trinajstić information content (AvgIpc) is 3.45. The number of aromatic nitrogens is 2. The van der Waals surface area contributed by atoms with Gasteiger partial charge < -0.3 is 19.9 Å². The molecule has 0 aliphatic carbocycles. The second-order valence-electron chi connectivity index (χ2n) is 8.82. The van der Waals surface area contributed by atoms with Gasteiger partial charge >= 0.3 is 0 Å². The fourth-order valence-electron chi connectivity index (χ4n) is 4.57. The normalized spacial score (nSPS) is 15.2. The quantitative estimate of drug-likeness (QED) is 0.369. The number of anilines is 1. The highest BCUT2D eigenvalue weighted by molar-refractivity contribution is 9.10. The highest BCUT2D eigenvalue weighted by Gasteiger charge is 2.35. The third-order valence-electron chi connectivity index (χ3n) is 6.39. The van der Waals surface area contributed by atoms with Gasteiger partial charge in [-0.05, 0) is 63.6 Å². The van der Waals surface area contributed by atoms with E-state index in [0.717, 1.165) is 10.8 Å². The van der Waals surface area contributed by atoms with Gasteiger partial charge in [0.1, 0.15) is 23.7 Å². The molecule has 1 atom stereocenters. The zero-order valence-corrected chi connectivity index (χ0v) is 21.1. The molecule has 0 bridgehead atoms. The number of hydrogen-bond acceptors (Lipinski definition) is 5. The Morgan fingerprint density at radius 2 is 2.05 bits per heavy atom. The number of benzene rings is 3. The molecule has 0 spiro atoms. The summed E-state index contributed by atoms with van der Waals surface area (Å²) < 4.78 is 16.4. The van der Waals surface area contributed by atoms with E-state index in [9.17, 15) is 19.1 Å². The van der Waals surface area contributed by atoms with Gasteiger partial charge in [-0.1, -0.05) is 18.2 Å². The first-order chi connectivity index (χ1) is 17.8. The molecule has 1 fully saturated rings. The van der Waals surface area contributed by atoms with Gasteiger partial charge in [0, 0.05) is 34.8 Å². The summed E-state index contributed by atoms with van der Waals surface area (Å²) in [5.74, 6) is -1.06. The number of phenols is 1. The van der Waals surface area contributed by atoms with Crippen LogP contribution in [0.5, 0.6) is 5.75 Å². The fraction of sp³-hybridized carbons (Fsp3) is 0.185. The fourth-order valence-corrected chi connectivity index (χ4v) is 5.13. The van der Waals surface area contributed by atoms with Crippen molar-refractivity contribution < 1.29 is 19.1 Å². The largest absolute Gasteiger partial charge is 0.508 e. The molecular formula is C27H21BrFN5O3. The smallest absolute Gasteiger partial charge is 0.249 e. The van der Waals surface area contributed by atoms with Crippen molar-refractivity contribution >= 4 is 44.2 Å². The van der Waals surface area contributed by atoms with Gasteiger partial charge in [0.2, 0.25) is 11.8 Å². The maximum Gasteiger partial charge on any atom is 0.249 e. The predicted octanol–water partition coefficient (Wildman–Crippen LogP) is 4.03. The van der Waals surface area contributed by atoms with Crippen LogP contribution in [0, 0.1) is 17.1 Å². The molecule has 1 aliphatic rings. The average molecular weight is 562 g/mol. The van der Waals surface area contributed by atoms with E-state index in [-0.39, 0.29) is 36.1 Å². The minimum absolute atomic E-state index is 0.00558. The van der Waals surface area contributed by atoms with E-state index in [2.05, 4.69) is 26.2 Å². The molecule has 0 unspecified atom stereocenters. The van der Waals surface area contributed by atoms with Gasteiger partial charge in [-0.15, -0.1) is 0 Å². The topological polar surface area (TPSA) is 111 Å². The SMILES string of the molecule is N#Cc1ccc(Cn2cncc2CC(=O)N[C@H]2CCN(c3c(Br)ccc4ccc(O)cc34)C2=O)cc1F. The van der Waals surface area contributed by atoms with Crippen LogP contribution in [0.15, 0.2) is 65.5 Å². The second kappa shape index (κ2) is 10.0. The van der Waals surface area contributed by atoms with Crippen LogP contribution in [0.3, 0.4) is 0 Å². The molecule has 186 valence electrons. The lowest BCUT2D eigenvalue weighted by Gasteiger charge is -2.21. The molecule has 0 saturated carbocycles. The molecule has 1 aromatic heterocycles. The molecule has 5 rings (SSSR count). The lowest BCUT2D eigenvalue weighted by molar-refractivity contribution is -0.126. The molecule has 8 nitrogen and oxygen atoms in total. The third kappa shape index (κ3) is 4.90. The molecule has 1 aliphatic heterocycles. The lowest BCUT2D eigenvalue weighted by atomic mass is 10.1. The Morgan fingerprint density at radius 1 is 1.24 bits per heavy atom. The Labute approximate surface area is 220 Å². The Kier molecular flexibility index (Phi) is 6.63. The van der Waals surface area contributed by atoms with Gasteiger partial charge in [-0.3, -0.25) is 9.59 Å². The number of fused-ring (bicyclic) bond motifs is 1. The number of nitrogens with one attached hydrogen (secondary N) is 1. The van der Waals surface area contributed by atoms with Crippen molar-refractivity contribution in [2.24, 2.45) is 0 Å². The van der Waals surface area contributed by atoms with Gasteiger partial charge in [-0.25, -0.2) is 9.37 Å². The zero-order valence-electron chi connectivity index (χ0n) is 19.5. The van der Waals surface area contributed by atoms with E-state index >= 15 is 0 Å². The summed E-state index contributed by atoms with van der Waals surface area (Å²) >= 11 is 3.53. The number of carbonyl (C=O) groups excluding carboxylic acids is 2. The van der Waals surface area contributed by atoms with Crippen molar-refractivity contribution in [3.8, 4) is 11.8 Å². The van der Waals surface area contributed by atoms with Crippen LogP contribution in [0.25, 0.3) is 10.8 Å². The maximum absolute atomic E-state index is 14.0. The molecule has 37 heavy (non-hydrogen) atoms. The first-order valence-electron chi connectivity index (χ1n) is 11.5. The molecule has 2 N–H and O–H groups in total. The van der Waals surface area contributed by atoms with Crippen LogP contribution in [-0.2, 0) is 22.6 Å². The van der Waals surface area contributed by atoms with E-state index in [0.29, 0.717) is 34.4 Å². The first-order valence-corrected chi connectivity index (χ1v) is 12.3. The minimum atomic E-state index is -0.684. The van der Waals surface area contributed by atoms with Crippen LogP contribution < -0.4 is 10.2 Å². The summed E-state index contributed by atoms with van der Waals surface area (Å²) in [6, 6.07) is 14.2. The Hall–Kier alpha value is -4.23. The van der Waals surface area contributed by atoms with Crippen molar-refractivity contribution in [2.75, 3.05) is 11.4 Å². The van der Waals surface area contributed by atoms with Crippen LogP contribution in [0.4, 0.5) is 10.1 Å². The van der Waals surface area contributed by atoms with Crippen molar-refractivity contribution in [1.29, 1.82) is 5.26 Å². The van der Waals surface area contributed by atoms with E-state index in [4.69, 9.17) is 5.26 Å². The van der Waals surface area contributed by atoms with E-state index in [1.807, 2.05) is 12.1 Å². The van der Waals surface area contributed by atoms with Crippen LogP contribution in [0.1, 0.15) is 23.2 Å². The molecule has 1 saturated heterocycles. The number of carbonyl (C=O) groups is 2. The summed E-state index contributed by atoms with van der Waals surface area (Å²) in [7, 11) is 0. The maximum atomic E-state index is 14.0.